The Morgan fingerprint density at radius 3 is 2.03 bits per heavy atom. The Morgan fingerprint density at radius 2 is 1.52 bits per heavy atom. The molecule has 29 heavy (non-hydrogen) atoms. The zero-order chi connectivity index (χ0) is 20.9. The number of nitrogens with two attached hydrogens (primary N) is 1. The first-order valence-electron chi connectivity index (χ1n) is 8.62. The maximum atomic E-state index is 12.6. The third-order valence-electron chi connectivity index (χ3n) is 3.81. The van der Waals surface area contributed by atoms with Crippen molar-refractivity contribution < 1.29 is 17.9 Å². The topological polar surface area (TPSA) is 136 Å². The van der Waals surface area contributed by atoms with Crippen LogP contribution in [0.3, 0.4) is 0 Å². The monoisotopic (exact) mass is 413 g/mol. The van der Waals surface area contributed by atoms with Crippen molar-refractivity contribution in [2.45, 2.75) is 11.8 Å². The van der Waals surface area contributed by atoms with Crippen LogP contribution < -0.4 is 15.8 Å². The van der Waals surface area contributed by atoms with E-state index in [1.165, 1.54) is 30.6 Å². The van der Waals surface area contributed by atoms with Gasteiger partial charge in [-0.05, 0) is 43.3 Å². The van der Waals surface area contributed by atoms with E-state index in [-0.39, 0.29) is 28.7 Å². The molecule has 2 aromatic carbocycles. The highest BCUT2D eigenvalue weighted by Gasteiger charge is 2.21. The third kappa shape index (κ3) is 5.06. The number of nitrogens with one attached hydrogen (secondary N) is 2. The van der Waals surface area contributed by atoms with Gasteiger partial charge in [0.25, 0.3) is 0 Å². The van der Waals surface area contributed by atoms with Crippen molar-refractivity contribution >= 4 is 39.0 Å². The van der Waals surface area contributed by atoms with Crippen LogP contribution in [0.4, 0.5) is 23.0 Å². The van der Waals surface area contributed by atoms with Gasteiger partial charge in [0, 0.05) is 11.4 Å². The fraction of sp³-hybridized carbons (Fsp3) is 0.105. The quantitative estimate of drug-likeness (QED) is 0.503. The first-order chi connectivity index (χ1) is 13.9. The Kier molecular flexibility index (Phi) is 6.05. The predicted octanol–water partition coefficient (Wildman–Crippen LogP) is 2.79. The number of carbonyl (C=O) groups excluding carboxylic acids is 1. The number of hydrogen-bond donors (Lipinski definition) is 3. The molecule has 9 nitrogen and oxygen atoms in total. The molecule has 0 radical (unpaired) electrons. The van der Waals surface area contributed by atoms with Gasteiger partial charge in [0.05, 0.1) is 11.5 Å². The highest BCUT2D eigenvalue weighted by atomic mass is 32.2. The molecule has 0 saturated heterocycles. The van der Waals surface area contributed by atoms with Crippen molar-refractivity contribution in [1.82, 2.24) is 9.97 Å². The number of anilines is 4. The van der Waals surface area contributed by atoms with Crippen LogP contribution in [0, 0.1) is 0 Å². The molecule has 3 aromatic rings. The number of ether oxygens (including phenoxy) is 1. The number of benzene rings is 2. The molecule has 0 bridgehead atoms. The lowest BCUT2D eigenvalue weighted by atomic mass is 10.2. The lowest BCUT2D eigenvalue weighted by Gasteiger charge is -2.15. The second-order valence-corrected chi connectivity index (χ2v) is 7.41. The van der Waals surface area contributed by atoms with Gasteiger partial charge >= 0.3 is 5.97 Å². The summed E-state index contributed by atoms with van der Waals surface area (Å²) in [5, 5.41) is 11.2. The predicted molar refractivity (Wildman–Crippen MR) is 109 cm³/mol. The molecule has 0 atom stereocenters. The molecule has 150 valence electrons. The molecule has 0 aliphatic rings. The Morgan fingerprint density at radius 1 is 0.966 bits per heavy atom. The number of primary sulfonamides is 1. The van der Waals surface area contributed by atoms with Crippen LogP contribution in [0.25, 0.3) is 0 Å². The van der Waals surface area contributed by atoms with Gasteiger partial charge in [0.2, 0.25) is 10.0 Å². The Bertz CT molecular complexity index is 1100. The highest BCUT2D eigenvalue weighted by molar-refractivity contribution is 7.89. The summed E-state index contributed by atoms with van der Waals surface area (Å²) in [6.07, 6.45) is 1.30. The van der Waals surface area contributed by atoms with Gasteiger partial charge in [0.15, 0.2) is 11.6 Å². The second-order valence-electron chi connectivity index (χ2n) is 5.85. The minimum Gasteiger partial charge on any atom is -0.462 e. The molecule has 0 spiro atoms. The van der Waals surface area contributed by atoms with Gasteiger partial charge in [-0.15, -0.1) is 0 Å². The van der Waals surface area contributed by atoms with Crippen LogP contribution in [-0.4, -0.2) is 31.0 Å². The van der Waals surface area contributed by atoms with E-state index in [0.717, 1.165) is 5.69 Å². The molecule has 1 aromatic heterocycles. The van der Waals surface area contributed by atoms with Gasteiger partial charge in [-0.2, -0.15) is 0 Å². The normalized spacial score (nSPS) is 11.0. The van der Waals surface area contributed by atoms with Crippen LogP contribution in [0.15, 0.2) is 65.8 Å². The van der Waals surface area contributed by atoms with Crippen LogP contribution in [0.1, 0.15) is 17.3 Å². The summed E-state index contributed by atoms with van der Waals surface area (Å²) in [5.74, 6) is -0.122. The summed E-state index contributed by atoms with van der Waals surface area (Å²) in [6.45, 7) is 1.88. The van der Waals surface area contributed by atoms with E-state index in [0.29, 0.717) is 5.69 Å². The lowest BCUT2D eigenvalue weighted by molar-refractivity contribution is 0.0528. The van der Waals surface area contributed by atoms with E-state index >= 15 is 0 Å². The van der Waals surface area contributed by atoms with E-state index in [9.17, 15) is 13.2 Å². The van der Waals surface area contributed by atoms with Crippen molar-refractivity contribution in [3.63, 3.8) is 0 Å². The second kappa shape index (κ2) is 8.67. The molecule has 4 N–H and O–H groups in total. The van der Waals surface area contributed by atoms with E-state index in [1.54, 1.807) is 6.92 Å². The van der Waals surface area contributed by atoms with E-state index < -0.39 is 16.0 Å². The van der Waals surface area contributed by atoms with Gasteiger partial charge in [-0.3, -0.25) is 0 Å². The lowest BCUT2D eigenvalue weighted by Crippen LogP contribution is -2.14. The minimum atomic E-state index is -3.80. The zero-order valence-electron chi connectivity index (χ0n) is 15.5. The molecule has 0 unspecified atom stereocenters. The summed E-state index contributed by atoms with van der Waals surface area (Å²) in [5.41, 5.74) is 1.36. The summed E-state index contributed by atoms with van der Waals surface area (Å²) in [4.78, 5) is 20.9. The number of carbonyl (C=O) groups is 1. The SMILES string of the molecule is CCOC(=O)c1c(Nc2ccccc2)ncnc1Nc1ccc(S(N)(=O)=O)cc1. The van der Waals surface area contributed by atoms with Crippen LogP contribution in [0.5, 0.6) is 0 Å². The van der Waals surface area contributed by atoms with E-state index in [4.69, 9.17) is 9.88 Å². The van der Waals surface area contributed by atoms with Crippen LogP contribution in [0.2, 0.25) is 0 Å². The van der Waals surface area contributed by atoms with Crippen molar-refractivity contribution in [3.8, 4) is 0 Å². The Labute approximate surface area is 168 Å². The minimum absolute atomic E-state index is 0.0252. The molecular formula is C19H19N5O4S. The summed E-state index contributed by atoms with van der Waals surface area (Å²) in [7, 11) is -3.80. The molecule has 1 heterocycles. The number of rotatable bonds is 7. The number of para-hydroxylation sites is 1. The van der Waals surface area contributed by atoms with Crippen LogP contribution in [-0.2, 0) is 14.8 Å². The van der Waals surface area contributed by atoms with E-state index in [2.05, 4.69) is 20.6 Å². The average molecular weight is 413 g/mol. The third-order valence-corrected chi connectivity index (χ3v) is 4.74. The largest absolute Gasteiger partial charge is 0.462 e. The fourth-order valence-electron chi connectivity index (χ4n) is 2.49. The molecular weight excluding hydrogens is 394 g/mol. The van der Waals surface area contributed by atoms with E-state index in [1.807, 2.05) is 30.3 Å². The molecule has 10 heteroatoms. The first kappa shape index (κ1) is 20.2. The number of sulfonamides is 1. The molecule has 0 amide bonds. The summed E-state index contributed by atoms with van der Waals surface area (Å²) >= 11 is 0. The highest BCUT2D eigenvalue weighted by Crippen LogP contribution is 2.27. The molecule has 0 saturated carbocycles. The van der Waals surface area contributed by atoms with Gasteiger partial charge in [-0.25, -0.2) is 28.3 Å². The van der Waals surface area contributed by atoms with Gasteiger partial charge in [0.1, 0.15) is 11.9 Å². The molecule has 0 fully saturated rings. The smallest absolute Gasteiger partial charge is 0.345 e. The maximum Gasteiger partial charge on any atom is 0.345 e. The van der Waals surface area contributed by atoms with Crippen molar-refractivity contribution in [1.29, 1.82) is 0 Å². The summed E-state index contributed by atoms with van der Waals surface area (Å²) in [6, 6.07) is 15.0. The zero-order valence-corrected chi connectivity index (χ0v) is 16.3. The maximum absolute atomic E-state index is 12.6. The van der Waals surface area contributed by atoms with Crippen molar-refractivity contribution in [2.24, 2.45) is 5.14 Å². The Balaban J connectivity index is 1.97. The van der Waals surface area contributed by atoms with Gasteiger partial charge < -0.3 is 15.4 Å². The van der Waals surface area contributed by atoms with Crippen LogP contribution >= 0.6 is 0 Å². The number of aromatic nitrogens is 2. The Hall–Kier alpha value is -3.50. The van der Waals surface area contributed by atoms with Gasteiger partial charge in [-0.1, -0.05) is 18.2 Å². The fourth-order valence-corrected chi connectivity index (χ4v) is 3.01. The standard InChI is InChI=1S/C19H19N5O4S/c1-2-28-19(25)16-17(23-13-6-4-3-5-7-13)21-12-22-18(16)24-14-8-10-15(11-9-14)29(20,26)27/h3-12H,2H2,1H3,(H2,20,26,27)(H2,21,22,23,24). The molecule has 3 rings (SSSR count). The molecule has 0 aliphatic heterocycles. The molecule has 0 aliphatic carbocycles. The number of esters is 1. The first-order valence-corrected chi connectivity index (χ1v) is 10.2. The van der Waals surface area contributed by atoms with Crippen molar-refractivity contribution in [3.05, 3.63) is 66.5 Å². The number of nitrogens with zero attached hydrogens (tertiary/aromatic N) is 2. The summed E-state index contributed by atoms with van der Waals surface area (Å²) < 4.78 is 28.0. The number of hydrogen-bond acceptors (Lipinski definition) is 8. The average Bonchev–Trinajstić information content (AvgIpc) is 2.69. The van der Waals surface area contributed by atoms with Crippen molar-refractivity contribution in [2.75, 3.05) is 17.2 Å².